The van der Waals surface area contributed by atoms with E-state index in [2.05, 4.69) is 78.8 Å². The number of amides is 13. The van der Waals surface area contributed by atoms with Crippen molar-refractivity contribution in [1.29, 1.82) is 0 Å². The molecule has 0 saturated heterocycles. The van der Waals surface area contributed by atoms with Crippen LogP contribution in [-0.2, 0) is 71.1 Å². The molecule has 6 heterocycles. The van der Waals surface area contributed by atoms with Crippen molar-refractivity contribution in [3.8, 4) is 0 Å². The van der Waals surface area contributed by atoms with Crippen molar-refractivity contribution in [2.24, 2.45) is 42.3 Å². The van der Waals surface area contributed by atoms with E-state index in [1.807, 2.05) is 19.0 Å². The number of rotatable bonds is 38. The van der Waals surface area contributed by atoms with E-state index in [-0.39, 0.29) is 146 Å². The molecule has 14 N–H and O–H groups in total. The van der Waals surface area contributed by atoms with Crippen molar-refractivity contribution >= 4 is 117 Å². The monoisotopic (exact) mass is 1430 g/mol. The van der Waals surface area contributed by atoms with E-state index < -0.39 is 65.0 Å². The highest BCUT2D eigenvalue weighted by Crippen LogP contribution is 2.21. The number of nitrogens with zero attached hydrogens (tertiary/aromatic N) is 10. The number of hydroxylamine groups is 1. The van der Waals surface area contributed by atoms with Gasteiger partial charge in [-0.2, -0.15) is 0 Å². The molecule has 103 heavy (non-hydrogen) atoms. The van der Waals surface area contributed by atoms with Gasteiger partial charge in [-0.1, -0.05) is 12.8 Å². The van der Waals surface area contributed by atoms with E-state index in [1.165, 1.54) is 98.2 Å². The zero-order valence-corrected chi connectivity index (χ0v) is 58.5. The smallest absolute Gasteiger partial charge is 0.292 e. The van der Waals surface area contributed by atoms with Crippen LogP contribution in [0.2, 0.25) is 0 Å². The number of aryl methyl sites for hydroxylation is 6. The van der Waals surface area contributed by atoms with E-state index in [0.717, 1.165) is 25.8 Å². The molecule has 7 aromatic rings. The maximum atomic E-state index is 13.4. The quantitative estimate of drug-likeness (QED) is 0.0150. The summed E-state index contributed by atoms with van der Waals surface area (Å²) in [5.74, 6) is -6.24. The number of carbonyl (C=O) groups is 13. The predicted molar refractivity (Wildman–Crippen MR) is 377 cm³/mol. The van der Waals surface area contributed by atoms with Crippen LogP contribution in [0.4, 0.5) is 40.2 Å². The summed E-state index contributed by atoms with van der Waals surface area (Å²) in [6, 6.07) is 10.6. The van der Waals surface area contributed by atoms with Gasteiger partial charge in [0.15, 0.2) is 17.5 Å². The minimum Gasteiger partial charge on any atom is -0.356 e. The Hall–Kier alpha value is -12.3. The number of anilines is 7. The molecule has 0 radical (unpaired) electrons. The second-order valence-electron chi connectivity index (χ2n) is 24.3. The Kier molecular flexibility index (Phi) is 28.6. The fraction of sp³-hybridized carbons (Fsp3) is 0.394. The Balaban J connectivity index is 0.763. The molecule has 13 amide bonds. The van der Waals surface area contributed by atoms with Crippen LogP contribution in [0.25, 0.3) is 0 Å². The highest BCUT2D eigenvalue weighted by molar-refractivity contribution is 6.08. The molecule has 0 fully saturated rings. The molecule has 550 valence electrons. The number of hydrogen-bond acceptors (Lipinski definition) is 18. The van der Waals surface area contributed by atoms with Crippen LogP contribution in [-0.4, -0.2) is 183 Å². The van der Waals surface area contributed by atoms with Crippen molar-refractivity contribution in [3.05, 3.63) is 120 Å². The zero-order valence-electron chi connectivity index (χ0n) is 58.5. The Bertz CT molecular complexity index is 4250. The number of imidazole rings is 3. The lowest BCUT2D eigenvalue weighted by molar-refractivity contribution is -0.129. The van der Waals surface area contributed by atoms with Gasteiger partial charge in [-0.25, -0.2) is 20.4 Å². The van der Waals surface area contributed by atoms with Gasteiger partial charge in [0.25, 0.3) is 41.4 Å². The molecule has 0 aliphatic rings. The first-order valence-corrected chi connectivity index (χ1v) is 32.9. The van der Waals surface area contributed by atoms with Gasteiger partial charge in [-0.3, -0.25) is 67.5 Å². The molecule has 0 spiro atoms. The topological polar surface area (TPSA) is 470 Å². The summed E-state index contributed by atoms with van der Waals surface area (Å²) in [7, 11) is 13.4. The molecule has 6 aromatic heterocycles. The highest BCUT2D eigenvalue weighted by Gasteiger charge is 2.24. The molecule has 1 aromatic carbocycles. The first-order chi connectivity index (χ1) is 49.1. The predicted octanol–water partition coefficient (Wildman–Crippen LogP) is 2.30. The van der Waals surface area contributed by atoms with Crippen LogP contribution < -0.4 is 69.3 Å². The normalized spacial score (nSPS) is 10.9. The summed E-state index contributed by atoms with van der Waals surface area (Å²) < 4.78 is 8.69. The maximum Gasteiger partial charge on any atom is 0.292 e. The molecule has 0 bridgehead atoms. The second kappa shape index (κ2) is 37.8. The Morgan fingerprint density at radius 2 is 0.709 bits per heavy atom. The first kappa shape index (κ1) is 78.1. The lowest BCUT2D eigenvalue weighted by atomic mass is 10.1. The lowest BCUT2D eigenvalue weighted by Gasteiger charge is -2.10. The minimum atomic E-state index is -0.719. The van der Waals surface area contributed by atoms with E-state index in [0.29, 0.717) is 36.3 Å². The summed E-state index contributed by atoms with van der Waals surface area (Å²) in [6.07, 6.45) is 12.9. The van der Waals surface area contributed by atoms with Crippen LogP contribution >= 0.6 is 0 Å². The van der Waals surface area contributed by atoms with Crippen molar-refractivity contribution in [3.63, 3.8) is 0 Å². The molecular formula is C66H87N23O14. The van der Waals surface area contributed by atoms with Crippen LogP contribution in [0.1, 0.15) is 151 Å². The van der Waals surface area contributed by atoms with Gasteiger partial charge in [0.05, 0.1) is 17.1 Å². The van der Waals surface area contributed by atoms with Gasteiger partial charge in [0.2, 0.25) is 52.9 Å². The standard InChI is InChI=1S/C66H87N23O14/c1-83(2)30-14-26-67-51(90)23-29-71-62(98)46-31-42(34-84(46)3)73-63(99)47-33-44(36-86(47)5)75-64(100)57-78-48(37-87(57)6)76-54(93)17-13-25-69-61(97)45-32-43(35-85(45)4)74-65(101)58-80-50(39-89(58)8)81-66(102)59-79-49(38-88(59)7)77-55(94)24-27-68-52(91)22-28-70-60(96)40-18-20-41(21-19-40)72-53(92)15-11-9-10-12-16-56(95)82-103/h18-21,31-39,103H,9-17,22-30H2,1-8H3,(H,67,90)(H,68,91)(H,69,97)(H,70,96)(H,71,98)(H,72,92)(H,73,99)(H,74,101)(H,75,100)(H,76,93)(H,77,94)(H,81,102)(H,82,95). The lowest BCUT2D eigenvalue weighted by Crippen LogP contribution is -2.32. The fourth-order valence-electron chi connectivity index (χ4n) is 10.3. The number of nitrogens with one attached hydrogen (secondary N) is 13. The van der Waals surface area contributed by atoms with Crippen LogP contribution in [0.5, 0.6) is 0 Å². The zero-order chi connectivity index (χ0) is 74.9. The van der Waals surface area contributed by atoms with Gasteiger partial charge in [0, 0.05) is 162 Å². The third-order valence-electron chi connectivity index (χ3n) is 15.5. The Labute approximate surface area is 591 Å². The van der Waals surface area contributed by atoms with Crippen LogP contribution in [0.3, 0.4) is 0 Å². The molecular weight excluding hydrogens is 1340 g/mol. The Morgan fingerprint density at radius 1 is 0.340 bits per heavy atom. The molecule has 0 atom stereocenters. The Morgan fingerprint density at radius 3 is 1.19 bits per heavy atom. The van der Waals surface area contributed by atoms with Gasteiger partial charge in [-0.05, 0) is 88.8 Å². The highest BCUT2D eigenvalue weighted by atomic mass is 16.5. The number of unbranched alkanes of at least 4 members (excludes halogenated alkanes) is 3. The third kappa shape index (κ3) is 24.3. The second-order valence-corrected chi connectivity index (χ2v) is 24.3. The average molecular weight is 1430 g/mol. The molecule has 0 aliphatic carbocycles. The number of aromatic nitrogens is 9. The van der Waals surface area contributed by atoms with E-state index in [1.54, 1.807) is 56.6 Å². The van der Waals surface area contributed by atoms with Crippen molar-refractivity contribution in [2.45, 2.75) is 77.0 Å². The summed E-state index contributed by atoms with van der Waals surface area (Å²) >= 11 is 0. The van der Waals surface area contributed by atoms with E-state index in [9.17, 15) is 62.3 Å². The summed E-state index contributed by atoms with van der Waals surface area (Å²) in [4.78, 5) is 181. The van der Waals surface area contributed by atoms with Gasteiger partial charge in [-0.15, -0.1) is 0 Å². The van der Waals surface area contributed by atoms with Gasteiger partial charge < -0.3 is 96.1 Å². The largest absolute Gasteiger partial charge is 0.356 e. The number of carbonyl (C=O) groups excluding carboxylic acids is 13. The number of benzene rings is 1. The van der Waals surface area contributed by atoms with Crippen molar-refractivity contribution in [1.82, 2.24) is 79.3 Å². The molecule has 7 rings (SSSR count). The molecule has 0 unspecified atom stereocenters. The van der Waals surface area contributed by atoms with Gasteiger partial charge in [0.1, 0.15) is 17.1 Å². The summed E-state index contributed by atoms with van der Waals surface area (Å²) in [5, 5.41) is 40.8. The van der Waals surface area contributed by atoms with Crippen LogP contribution in [0.15, 0.2) is 79.6 Å². The average Bonchev–Trinajstić information content (AvgIpc) is 1.61. The first-order valence-electron chi connectivity index (χ1n) is 32.9. The molecule has 37 heteroatoms. The van der Waals surface area contributed by atoms with E-state index in [4.69, 9.17) is 5.21 Å². The fourth-order valence-corrected chi connectivity index (χ4v) is 10.3. The van der Waals surface area contributed by atoms with Crippen molar-refractivity contribution < 1.29 is 67.5 Å². The van der Waals surface area contributed by atoms with Gasteiger partial charge >= 0.3 is 0 Å². The number of hydrogen-bond donors (Lipinski definition) is 14. The minimum absolute atomic E-state index is 0.00290. The van der Waals surface area contributed by atoms with E-state index >= 15 is 0 Å². The SMILES string of the molecule is CN(C)CCCNC(=O)CCNC(=O)c1cc(NC(=O)c2cc(NC(=O)c3nc(NC(=O)CCCNC(=O)c4cc(NC(=O)c5nc(NC(=O)c6nc(NC(=O)CCNC(=O)CCNC(=O)c7ccc(NC(=O)CCCCCCC(=O)NO)cc7)cn6C)cn5C)cn4C)cn3C)cn2C)cn1C. The molecule has 37 nitrogen and oxygen atoms in total. The maximum absolute atomic E-state index is 13.4. The third-order valence-corrected chi connectivity index (χ3v) is 15.5. The molecule has 0 aliphatic heterocycles. The van der Waals surface area contributed by atoms with Crippen LogP contribution in [0, 0.1) is 0 Å². The molecule has 0 saturated carbocycles. The summed E-state index contributed by atoms with van der Waals surface area (Å²) in [6.45, 7) is 1.56. The summed E-state index contributed by atoms with van der Waals surface area (Å²) in [5.41, 5.74) is 3.88. The van der Waals surface area contributed by atoms with Crippen molar-refractivity contribution in [2.75, 3.05) is 90.6 Å².